The summed E-state index contributed by atoms with van der Waals surface area (Å²) in [6, 6.07) is 0. The molecule has 0 amide bonds. The van der Waals surface area contributed by atoms with Gasteiger partial charge in [-0.15, -0.1) is 0 Å². The topological polar surface area (TPSA) is 27.7 Å². The van der Waals surface area contributed by atoms with Gasteiger partial charge in [0.05, 0.1) is 11.5 Å². The van der Waals surface area contributed by atoms with E-state index in [1.807, 2.05) is 0 Å². The molecule has 0 heterocycles. The number of hydrogen-bond donors (Lipinski definition) is 0. The molecule has 0 aliphatic rings. The van der Waals surface area contributed by atoms with E-state index in [0.717, 1.165) is 0 Å². The van der Waals surface area contributed by atoms with Gasteiger partial charge in [0, 0.05) is 26.1 Å². The molecule has 0 N–H and O–H groups in total. The van der Waals surface area contributed by atoms with E-state index in [1.165, 1.54) is 0 Å². The summed E-state index contributed by atoms with van der Waals surface area (Å²) in [5.74, 6) is 0.878. The van der Waals surface area contributed by atoms with Crippen LogP contribution in [0.15, 0.2) is 24.7 Å². The first-order chi connectivity index (χ1) is 11.5. The monoisotopic (exact) mass is 378 g/mol. The number of unbranched alkanes of at least 4 members (excludes halogenated alkanes) is 2. The normalized spacial score (nSPS) is 12.2. The van der Waals surface area contributed by atoms with Gasteiger partial charge >= 0.3 is 12.4 Å². The molecule has 0 aliphatic carbocycles. The van der Waals surface area contributed by atoms with Crippen molar-refractivity contribution in [3.63, 3.8) is 0 Å². The Morgan fingerprint density at radius 1 is 0.640 bits per heavy atom. The molecular formula is C16H24F6O3. The first-order valence-electron chi connectivity index (χ1n) is 7.82. The summed E-state index contributed by atoms with van der Waals surface area (Å²) < 4.78 is 85.3. The van der Waals surface area contributed by atoms with Gasteiger partial charge in [-0.25, -0.2) is 0 Å². The van der Waals surface area contributed by atoms with Crippen LogP contribution in [0.4, 0.5) is 26.3 Å². The molecule has 3 nitrogen and oxygen atoms in total. The van der Waals surface area contributed by atoms with E-state index in [0.29, 0.717) is 50.0 Å². The number of alkyl halides is 6. The number of allylic oxidation sites excluding steroid dienone is 2. The van der Waals surface area contributed by atoms with Gasteiger partial charge < -0.3 is 14.2 Å². The second-order valence-corrected chi connectivity index (χ2v) is 5.43. The Morgan fingerprint density at radius 3 is 1.32 bits per heavy atom. The van der Waals surface area contributed by atoms with Crippen LogP contribution < -0.4 is 0 Å². The van der Waals surface area contributed by atoms with Crippen LogP contribution >= 0.6 is 0 Å². The minimum Gasteiger partial charge on any atom is -0.467 e. The highest BCUT2D eigenvalue weighted by Gasteiger charge is 2.27. The molecule has 0 radical (unpaired) electrons. The van der Waals surface area contributed by atoms with Crippen LogP contribution in [0.1, 0.15) is 38.5 Å². The zero-order valence-corrected chi connectivity index (χ0v) is 14.0. The summed E-state index contributed by atoms with van der Waals surface area (Å²) in [6.45, 7) is 4.86. The highest BCUT2D eigenvalue weighted by Crippen LogP contribution is 2.17. The number of hydrogen-bond acceptors (Lipinski definition) is 3. The molecule has 0 aromatic heterocycles. The first kappa shape index (κ1) is 23.8. The molecule has 0 unspecified atom stereocenters. The van der Waals surface area contributed by atoms with Crippen LogP contribution in [0.5, 0.6) is 0 Å². The molecule has 9 heteroatoms. The van der Waals surface area contributed by atoms with Crippen molar-refractivity contribution in [2.24, 2.45) is 0 Å². The van der Waals surface area contributed by atoms with Gasteiger partial charge in [0.2, 0.25) is 0 Å². The Hall–Kier alpha value is -1.22. The average molecular weight is 378 g/mol. The molecule has 148 valence electrons. The molecule has 0 fully saturated rings. The molecule has 0 rings (SSSR count). The van der Waals surface area contributed by atoms with E-state index in [2.05, 4.69) is 22.6 Å². The zero-order chi connectivity index (χ0) is 19.3. The SMILES string of the molecule is C=C(CCCCOCC(F)(F)F)OC(=C)CCCCOCC(F)(F)F. The van der Waals surface area contributed by atoms with Gasteiger partial charge in [0.1, 0.15) is 13.2 Å². The molecule has 0 spiro atoms. The quantitative estimate of drug-likeness (QED) is 0.226. The second-order valence-electron chi connectivity index (χ2n) is 5.43. The summed E-state index contributed by atoms with van der Waals surface area (Å²) in [4.78, 5) is 0. The molecule has 0 aromatic carbocycles. The van der Waals surface area contributed by atoms with Gasteiger partial charge in [0.25, 0.3) is 0 Å². The van der Waals surface area contributed by atoms with Gasteiger partial charge in [-0.2, -0.15) is 26.3 Å². The Balaban J connectivity index is 3.52. The fraction of sp³-hybridized carbons (Fsp3) is 0.750. The fourth-order valence-corrected chi connectivity index (χ4v) is 1.73. The predicted molar refractivity (Wildman–Crippen MR) is 80.8 cm³/mol. The van der Waals surface area contributed by atoms with E-state index in [1.54, 1.807) is 0 Å². The Labute approximate surface area is 143 Å². The van der Waals surface area contributed by atoms with Crippen molar-refractivity contribution in [3.8, 4) is 0 Å². The molecular weight excluding hydrogens is 354 g/mol. The number of rotatable bonds is 14. The summed E-state index contributed by atoms with van der Waals surface area (Å²) in [6.07, 6.45) is -5.69. The molecule has 0 saturated carbocycles. The number of ether oxygens (including phenoxy) is 3. The van der Waals surface area contributed by atoms with Crippen LogP contribution in [-0.4, -0.2) is 38.8 Å². The van der Waals surface area contributed by atoms with E-state index >= 15 is 0 Å². The third-order valence-electron chi connectivity index (χ3n) is 2.81. The highest BCUT2D eigenvalue weighted by molar-refractivity contribution is 4.93. The van der Waals surface area contributed by atoms with Crippen molar-refractivity contribution >= 4 is 0 Å². The second kappa shape index (κ2) is 12.2. The maximum atomic E-state index is 11.8. The molecule has 25 heavy (non-hydrogen) atoms. The molecule has 0 aliphatic heterocycles. The van der Waals surface area contributed by atoms with Crippen molar-refractivity contribution in [1.29, 1.82) is 0 Å². The van der Waals surface area contributed by atoms with Crippen molar-refractivity contribution in [1.82, 2.24) is 0 Å². The van der Waals surface area contributed by atoms with Gasteiger partial charge in [-0.1, -0.05) is 13.2 Å². The Bertz CT molecular complexity index is 354. The largest absolute Gasteiger partial charge is 0.467 e. The Morgan fingerprint density at radius 2 is 1.00 bits per heavy atom. The Kier molecular flexibility index (Phi) is 11.6. The van der Waals surface area contributed by atoms with Crippen molar-refractivity contribution in [2.75, 3.05) is 26.4 Å². The van der Waals surface area contributed by atoms with Crippen LogP contribution in [0, 0.1) is 0 Å². The minimum atomic E-state index is -4.32. The molecule has 0 bridgehead atoms. The van der Waals surface area contributed by atoms with Crippen LogP contribution in [-0.2, 0) is 14.2 Å². The average Bonchev–Trinajstić information content (AvgIpc) is 2.44. The van der Waals surface area contributed by atoms with E-state index in [9.17, 15) is 26.3 Å². The van der Waals surface area contributed by atoms with Crippen LogP contribution in [0.25, 0.3) is 0 Å². The van der Waals surface area contributed by atoms with Crippen LogP contribution in [0.2, 0.25) is 0 Å². The lowest BCUT2D eigenvalue weighted by atomic mass is 10.2. The highest BCUT2D eigenvalue weighted by atomic mass is 19.4. The van der Waals surface area contributed by atoms with Gasteiger partial charge in [-0.05, 0) is 25.7 Å². The van der Waals surface area contributed by atoms with Crippen LogP contribution in [0.3, 0.4) is 0 Å². The predicted octanol–water partition coefficient (Wildman–Crippen LogP) is 5.53. The summed E-state index contributed by atoms with van der Waals surface area (Å²) in [5, 5.41) is 0. The lowest BCUT2D eigenvalue weighted by Gasteiger charge is -2.12. The lowest BCUT2D eigenvalue weighted by Crippen LogP contribution is -2.17. The van der Waals surface area contributed by atoms with Gasteiger partial charge in [0.15, 0.2) is 0 Å². The first-order valence-corrected chi connectivity index (χ1v) is 7.82. The lowest BCUT2D eigenvalue weighted by molar-refractivity contribution is -0.174. The molecule has 0 atom stereocenters. The van der Waals surface area contributed by atoms with Crippen molar-refractivity contribution in [2.45, 2.75) is 50.9 Å². The smallest absolute Gasteiger partial charge is 0.411 e. The standard InChI is InChI=1S/C16H24F6O3/c1-13(7-3-5-9-23-11-15(17,18)19)25-14(2)8-4-6-10-24-12-16(20,21)22/h1-12H2. The zero-order valence-electron chi connectivity index (χ0n) is 14.0. The van der Waals surface area contributed by atoms with Crippen molar-refractivity contribution in [3.05, 3.63) is 24.7 Å². The molecule has 0 aromatic rings. The van der Waals surface area contributed by atoms with Gasteiger partial charge in [-0.3, -0.25) is 0 Å². The maximum Gasteiger partial charge on any atom is 0.411 e. The fourth-order valence-electron chi connectivity index (χ4n) is 1.73. The summed E-state index contributed by atoms with van der Waals surface area (Å²) in [7, 11) is 0. The summed E-state index contributed by atoms with van der Waals surface area (Å²) in [5.41, 5.74) is 0. The van der Waals surface area contributed by atoms with Crippen molar-refractivity contribution < 1.29 is 40.6 Å². The minimum absolute atomic E-state index is 0.00562. The van der Waals surface area contributed by atoms with E-state index < -0.39 is 25.6 Å². The van der Waals surface area contributed by atoms with E-state index in [4.69, 9.17) is 4.74 Å². The summed E-state index contributed by atoms with van der Waals surface area (Å²) >= 11 is 0. The third-order valence-corrected chi connectivity index (χ3v) is 2.81. The van der Waals surface area contributed by atoms with E-state index in [-0.39, 0.29) is 13.2 Å². The number of halogens is 6. The maximum absolute atomic E-state index is 11.8. The third kappa shape index (κ3) is 19.0. The molecule has 0 saturated heterocycles.